The Morgan fingerprint density at radius 2 is 1.03 bits per heavy atom. The smallest absolute Gasteiger partial charge is 0.314 e. The van der Waals surface area contributed by atoms with Gasteiger partial charge in [0.1, 0.15) is 0 Å². The van der Waals surface area contributed by atoms with Crippen LogP contribution in [0, 0.1) is 0 Å². The fourth-order valence-electron chi connectivity index (χ4n) is 4.46. The maximum atomic E-state index is 11.9. The van der Waals surface area contributed by atoms with Gasteiger partial charge in [0.05, 0.1) is 21.1 Å². The summed E-state index contributed by atoms with van der Waals surface area (Å²) in [5, 5.41) is -0.600. The van der Waals surface area contributed by atoms with E-state index in [9.17, 15) is 9.13 Å². The normalized spacial score (nSPS) is 14.3. The van der Waals surface area contributed by atoms with Crippen LogP contribution in [0.3, 0.4) is 0 Å². The fraction of sp³-hybridized carbons (Fsp3) is 0.923. The van der Waals surface area contributed by atoms with Crippen LogP contribution in [0.4, 0.5) is 0 Å². The molecule has 4 heteroatoms. The quantitative estimate of drug-likeness (QED) is 0.0768. The summed E-state index contributed by atoms with van der Waals surface area (Å²) in [6.07, 6.45) is 27.2. The molecule has 0 amide bonds. The Morgan fingerprint density at radius 3 is 1.40 bits per heavy atom. The Bertz CT molecular complexity index is 486. The van der Waals surface area contributed by atoms with Gasteiger partial charge < -0.3 is 4.48 Å². The summed E-state index contributed by atoms with van der Waals surface area (Å²) in [4.78, 5) is 0. The van der Waals surface area contributed by atoms with E-state index in [1.807, 2.05) is 28.1 Å². The average Bonchev–Trinajstić information content (AvgIpc) is 2.68. The third kappa shape index (κ3) is 13.1. The molecule has 0 spiro atoms. The van der Waals surface area contributed by atoms with Crippen LogP contribution in [0.15, 0.2) is 12.2 Å². The zero-order valence-corrected chi connectivity index (χ0v) is 22.0. The number of rotatable bonds is 21. The summed E-state index contributed by atoms with van der Waals surface area (Å²) in [7, 11) is 3.62. The van der Waals surface area contributed by atoms with Crippen LogP contribution in [0.2, 0.25) is 0 Å². The minimum absolute atomic E-state index is 0.509. The van der Waals surface area contributed by atoms with E-state index < -0.39 is 13.0 Å². The van der Waals surface area contributed by atoms with Gasteiger partial charge in [-0.15, -0.1) is 0 Å². The topological polar surface area (TPSA) is 34.1 Å². The number of allylic oxidation sites excluding steroid dienone is 2. The lowest BCUT2D eigenvalue weighted by atomic mass is 10.0. The summed E-state index contributed by atoms with van der Waals surface area (Å²) in [5.74, 6) is 0. The van der Waals surface area contributed by atoms with Crippen molar-refractivity contribution < 1.29 is 13.6 Å². The zero-order chi connectivity index (χ0) is 22.7. The van der Waals surface area contributed by atoms with E-state index >= 15 is 0 Å². The first-order chi connectivity index (χ1) is 14.3. The van der Waals surface area contributed by atoms with E-state index in [0.717, 1.165) is 19.3 Å². The van der Waals surface area contributed by atoms with Crippen LogP contribution >= 0.6 is 7.68 Å². The molecule has 0 N–H and O–H groups in total. The molecule has 0 fully saturated rings. The maximum absolute atomic E-state index is 11.9. The molecule has 0 aromatic carbocycles. The summed E-state index contributed by atoms with van der Waals surface area (Å²) >= 11 is 0. The van der Waals surface area contributed by atoms with Gasteiger partial charge in [-0.3, -0.25) is 0 Å². The van der Waals surface area contributed by atoms with Gasteiger partial charge in [-0.2, -0.15) is 0 Å². The molecule has 0 aromatic rings. The van der Waals surface area contributed by atoms with Crippen molar-refractivity contribution in [2.75, 3.05) is 21.1 Å². The molecule has 1 atom stereocenters. The lowest BCUT2D eigenvalue weighted by Gasteiger charge is -2.40. The van der Waals surface area contributed by atoms with Crippen molar-refractivity contribution in [3.63, 3.8) is 0 Å². The first-order valence-corrected chi connectivity index (χ1v) is 14.1. The molecular formula is C26H53NO2P+. The standard InChI is InChI=1S/C26H53NO2P/c1-6-8-9-10-11-12-13-14-15-16-17-18-19-20-21-22-23-24-25-26(7-2,30(28)29)27(3,4)5/h15-16H,6-14,17-25H2,1-5H3/q+1. The van der Waals surface area contributed by atoms with Gasteiger partial charge in [-0.25, -0.2) is 9.13 Å². The largest absolute Gasteiger partial charge is 0.378 e. The van der Waals surface area contributed by atoms with Crippen molar-refractivity contribution in [3.8, 4) is 0 Å². The van der Waals surface area contributed by atoms with Gasteiger partial charge in [-0.05, 0) is 32.1 Å². The number of hydrogen-bond acceptors (Lipinski definition) is 2. The molecule has 0 aliphatic heterocycles. The Labute approximate surface area is 189 Å². The maximum Gasteiger partial charge on any atom is 0.378 e. The van der Waals surface area contributed by atoms with Crippen LogP contribution in [0.1, 0.15) is 129 Å². The summed E-state index contributed by atoms with van der Waals surface area (Å²) in [5.41, 5.74) is 0. The molecule has 0 heterocycles. The molecule has 0 saturated heterocycles. The number of nitrogens with zero attached hydrogens (tertiary/aromatic N) is 1. The summed E-state index contributed by atoms with van der Waals surface area (Å²) < 4.78 is 24.4. The minimum Gasteiger partial charge on any atom is -0.314 e. The molecule has 0 aliphatic carbocycles. The van der Waals surface area contributed by atoms with Gasteiger partial charge in [0.15, 0.2) is 0 Å². The number of hydrogen-bond donors (Lipinski definition) is 0. The van der Waals surface area contributed by atoms with Crippen LogP contribution in [-0.2, 0) is 9.13 Å². The third-order valence-corrected chi connectivity index (χ3v) is 8.56. The van der Waals surface area contributed by atoms with Crippen LogP contribution in [-0.4, -0.2) is 30.9 Å². The van der Waals surface area contributed by atoms with Crippen molar-refractivity contribution in [3.05, 3.63) is 12.2 Å². The van der Waals surface area contributed by atoms with Crippen molar-refractivity contribution in [1.82, 2.24) is 0 Å². The van der Waals surface area contributed by atoms with Crippen molar-refractivity contribution in [1.29, 1.82) is 0 Å². The molecule has 0 aliphatic rings. The molecule has 0 radical (unpaired) electrons. The Morgan fingerprint density at radius 1 is 0.633 bits per heavy atom. The molecule has 0 rings (SSSR count). The van der Waals surface area contributed by atoms with Gasteiger partial charge in [0.25, 0.3) is 0 Å². The predicted octanol–water partition coefficient (Wildman–Crippen LogP) is 9.18. The van der Waals surface area contributed by atoms with Crippen molar-refractivity contribution in [2.24, 2.45) is 0 Å². The highest BCUT2D eigenvalue weighted by Crippen LogP contribution is 2.43. The summed E-state index contributed by atoms with van der Waals surface area (Å²) in [6.45, 7) is 4.29. The van der Waals surface area contributed by atoms with Gasteiger partial charge >= 0.3 is 7.68 Å². The molecule has 0 aromatic heterocycles. The number of quaternary nitrogens is 1. The second kappa shape index (κ2) is 18.2. The molecular weight excluding hydrogens is 389 g/mol. The third-order valence-electron chi connectivity index (χ3n) is 6.74. The molecule has 3 nitrogen and oxygen atoms in total. The van der Waals surface area contributed by atoms with Crippen molar-refractivity contribution >= 4 is 7.68 Å². The highest BCUT2D eigenvalue weighted by Gasteiger charge is 2.46. The Balaban J connectivity index is 3.60. The highest BCUT2D eigenvalue weighted by atomic mass is 31.1. The fourth-order valence-corrected chi connectivity index (χ4v) is 5.55. The molecule has 178 valence electrons. The number of unbranched alkanes of at least 4 members (excludes halogenated alkanes) is 14. The van der Waals surface area contributed by atoms with E-state index in [1.54, 1.807) is 0 Å². The molecule has 0 saturated carbocycles. The van der Waals surface area contributed by atoms with Gasteiger partial charge in [0.2, 0.25) is 5.28 Å². The summed E-state index contributed by atoms with van der Waals surface area (Å²) in [6, 6.07) is 0. The molecule has 0 bridgehead atoms. The van der Waals surface area contributed by atoms with Crippen LogP contribution in [0.5, 0.6) is 0 Å². The zero-order valence-electron chi connectivity index (χ0n) is 21.1. The van der Waals surface area contributed by atoms with Gasteiger partial charge in [0, 0.05) is 12.8 Å². The lowest BCUT2D eigenvalue weighted by Crippen LogP contribution is -2.53. The van der Waals surface area contributed by atoms with Crippen LogP contribution in [0.25, 0.3) is 0 Å². The van der Waals surface area contributed by atoms with E-state index in [4.69, 9.17) is 0 Å². The van der Waals surface area contributed by atoms with E-state index in [-0.39, 0.29) is 0 Å². The SMILES string of the molecule is CCCCCCCCCC=CCCCCCCCCCC(CC)(P(=O)=O)[N+](C)(C)C. The Kier molecular flexibility index (Phi) is 18.0. The predicted molar refractivity (Wildman–Crippen MR) is 133 cm³/mol. The first kappa shape index (κ1) is 29.6. The van der Waals surface area contributed by atoms with E-state index in [0.29, 0.717) is 10.9 Å². The second-order valence-electron chi connectivity index (χ2n) is 10.0. The average molecular weight is 443 g/mol. The Hall–Kier alpha value is -0.400. The van der Waals surface area contributed by atoms with Gasteiger partial charge in [-0.1, -0.05) is 96.6 Å². The minimum atomic E-state index is -2.42. The van der Waals surface area contributed by atoms with E-state index in [1.165, 1.54) is 89.9 Å². The lowest BCUT2D eigenvalue weighted by molar-refractivity contribution is -0.908. The van der Waals surface area contributed by atoms with Crippen LogP contribution < -0.4 is 0 Å². The molecule has 1 unspecified atom stereocenters. The first-order valence-electron chi connectivity index (χ1n) is 12.9. The monoisotopic (exact) mass is 442 g/mol. The highest BCUT2D eigenvalue weighted by molar-refractivity contribution is 7.32. The van der Waals surface area contributed by atoms with Crippen molar-refractivity contribution in [2.45, 2.75) is 135 Å². The molecule has 30 heavy (non-hydrogen) atoms. The van der Waals surface area contributed by atoms with E-state index in [2.05, 4.69) is 19.1 Å². The second-order valence-corrected chi connectivity index (χ2v) is 11.3.